The van der Waals surface area contributed by atoms with Crippen molar-refractivity contribution in [3.05, 3.63) is 59.8 Å². The van der Waals surface area contributed by atoms with Crippen LogP contribution in [0.15, 0.2) is 47.7 Å². The van der Waals surface area contributed by atoms with E-state index in [0.29, 0.717) is 22.3 Å². The van der Waals surface area contributed by atoms with Crippen LogP contribution in [0.2, 0.25) is 0 Å². The highest BCUT2D eigenvalue weighted by Gasteiger charge is 2.17. The maximum Gasteiger partial charge on any atom is 0.320 e. The number of ether oxygens (including phenoxy) is 1. The summed E-state index contributed by atoms with van der Waals surface area (Å²) < 4.78 is 18.9. The van der Waals surface area contributed by atoms with Crippen molar-refractivity contribution < 1.29 is 14.2 Å². The summed E-state index contributed by atoms with van der Waals surface area (Å²) in [6.45, 7) is 5.37. The van der Waals surface area contributed by atoms with Gasteiger partial charge in [0.25, 0.3) is 0 Å². The second-order valence-corrected chi connectivity index (χ2v) is 6.33. The number of hydrogen-bond acceptors (Lipinski definition) is 7. The van der Waals surface area contributed by atoms with Gasteiger partial charge in [0.05, 0.1) is 5.39 Å². The lowest BCUT2D eigenvalue weighted by Gasteiger charge is -2.15. The molecule has 144 valence electrons. The third kappa shape index (κ3) is 4.06. The summed E-state index contributed by atoms with van der Waals surface area (Å²) in [7, 11) is 3.70. The van der Waals surface area contributed by atoms with Crippen LogP contribution >= 0.6 is 0 Å². The highest BCUT2D eigenvalue weighted by atomic mass is 19.1. The first-order valence-electron chi connectivity index (χ1n) is 8.52. The van der Waals surface area contributed by atoms with Crippen molar-refractivity contribution in [2.24, 2.45) is 4.99 Å². The first kappa shape index (κ1) is 19.2. The van der Waals surface area contributed by atoms with Gasteiger partial charge in [-0.05, 0) is 37.4 Å². The van der Waals surface area contributed by atoms with Crippen LogP contribution in [0.5, 0.6) is 11.9 Å². The maximum atomic E-state index is 13.1. The topological polar surface area (TPSA) is 83.7 Å². The second kappa shape index (κ2) is 7.99. The molecule has 0 saturated carbocycles. The lowest BCUT2D eigenvalue weighted by molar-refractivity contribution is 0.206. The van der Waals surface area contributed by atoms with Gasteiger partial charge in [0.1, 0.15) is 28.8 Å². The van der Waals surface area contributed by atoms with Gasteiger partial charge in [0, 0.05) is 26.5 Å². The zero-order valence-electron chi connectivity index (χ0n) is 15.8. The van der Waals surface area contributed by atoms with Crippen LogP contribution in [0.3, 0.4) is 0 Å². The predicted octanol–water partition coefficient (Wildman–Crippen LogP) is 3.57. The average Bonchev–Trinajstić information content (AvgIpc) is 2.66. The van der Waals surface area contributed by atoms with Crippen molar-refractivity contribution in [3.63, 3.8) is 0 Å². The Kier molecular flexibility index (Phi) is 5.49. The number of aliphatic imine (C=N–C) groups is 1. The fraction of sp³-hybridized carbons (Fsp3) is 0.200. The molecular weight excluding hydrogens is 361 g/mol. The lowest BCUT2D eigenvalue weighted by atomic mass is 10.1. The van der Waals surface area contributed by atoms with Gasteiger partial charge in [-0.1, -0.05) is 12.1 Å². The summed E-state index contributed by atoms with van der Waals surface area (Å²) in [5, 5.41) is 10.8. The summed E-state index contributed by atoms with van der Waals surface area (Å²) in [6, 6.07) is 7.52. The molecule has 8 heteroatoms. The Morgan fingerprint density at radius 3 is 2.61 bits per heavy atom. The van der Waals surface area contributed by atoms with Crippen molar-refractivity contribution >= 4 is 23.3 Å². The van der Waals surface area contributed by atoms with Crippen LogP contribution in [0.25, 0.3) is 16.6 Å². The van der Waals surface area contributed by atoms with Crippen LogP contribution in [0.1, 0.15) is 24.3 Å². The quantitative estimate of drug-likeness (QED) is 0.657. The molecule has 2 aromatic heterocycles. The number of nitrogens with zero attached hydrogens (tertiary/aromatic N) is 5. The Morgan fingerprint density at radius 1 is 1.25 bits per heavy atom. The minimum Gasteiger partial charge on any atom is -0.493 e. The fourth-order valence-corrected chi connectivity index (χ4v) is 2.64. The highest BCUT2D eigenvalue weighted by molar-refractivity contribution is 5.92. The number of aromatic nitrogens is 3. The molecule has 0 saturated heterocycles. The van der Waals surface area contributed by atoms with E-state index in [-0.39, 0.29) is 17.7 Å². The Morgan fingerprint density at radius 2 is 1.96 bits per heavy atom. The van der Waals surface area contributed by atoms with E-state index >= 15 is 0 Å². The molecule has 7 nitrogen and oxygen atoms in total. The third-order valence-corrected chi connectivity index (χ3v) is 3.99. The van der Waals surface area contributed by atoms with Crippen molar-refractivity contribution in [1.29, 1.82) is 0 Å². The zero-order chi connectivity index (χ0) is 20.3. The number of halogens is 1. The van der Waals surface area contributed by atoms with Gasteiger partial charge in [-0.2, -0.15) is 9.97 Å². The van der Waals surface area contributed by atoms with E-state index < -0.39 is 6.10 Å². The molecule has 1 atom stereocenters. The molecule has 0 amide bonds. The number of aromatic hydroxyl groups is 1. The van der Waals surface area contributed by atoms with Crippen molar-refractivity contribution in [1.82, 2.24) is 19.9 Å². The Bertz CT molecular complexity index is 1030. The number of benzene rings is 1. The SMILES string of the molecule is C=N/C(=C\N(C)C)c1nccc2c(O)nc(OC(C)c3ccc(F)cc3)nc12. The van der Waals surface area contributed by atoms with Gasteiger partial charge >= 0.3 is 6.01 Å². The molecular formula is C20H20FN5O2. The summed E-state index contributed by atoms with van der Waals surface area (Å²) in [4.78, 5) is 18.6. The summed E-state index contributed by atoms with van der Waals surface area (Å²) in [5.41, 5.74) is 2.07. The van der Waals surface area contributed by atoms with Gasteiger partial charge in [-0.3, -0.25) is 9.98 Å². The van der Waals surface area contributed by atoms with Gasteiger partial charge in [-0.25, -0.2) is 4.39 Å². The van der Waals surface area contributed by atoms with E-state index in [2.05, 4.69) is 26.7 Å². The van der Waals surface area contributed by atoms with E-state index in [1.165, 1.54) is 18.3 Å². The zero-order valence-corrected chi connectivity index (χ0v) is 15.8. The minimum atomic E-state index is -0.452. The monoisotopic (exact) mass is 381 g/mol. The van der Waals surface area contributed by atoms with Crippen LogP contribution in [0.4, 0.5) is 4.39 Å². The lowest BCUT2D eigenvalue weighted by Crippen LogP contribution is -2.07. The molecule has 2 heterocycles. The van der Waals surface area contributed by atoms with Crippen LogP contribution in [-0.2, 0) is 0 Å². The van der Waals surface area contributed by atoms with Crippen molar-refractivity contribution in [2.75, 3.05) is 14.1 Å². The predicted molar refractivity (Wildman–Crippen MR) is 106 cm³/mol. The molecule has 0 fully saturated rings. The molecule has 0 aliphatic carbocycles. The van der Waals surface area contributed by atoms with Gasteiger partial charge < -0.3 is 14.7 Å². The minimum absolute atomic E-state index is 0.0238. The molecule has 0 bridgehead atoms. The van der Waals surface area contributed by atoms with E-state index in [0.717, 1.165) is 5.56 Å². The molecule has 28 heavy (non-hydrogen) atoms. The number of hydrogen-bond donors (Lipinski definition) is 1. The number of pyridine rings is 1. The van der Waals surface area contributed by atoms with Crippen LogP contribution in [-0.4, -0.2) is 45.8 Å². The normalized spacial score (nSPS) is 12.6. The van der Waals surface area contributed by atoms with E-state index in [1.54, 1.807) is 36.2 Å². The molecule has 1 N–H and O–H groups in total. The van der Waals surface area contributed by atoms with E-state index in [4.69, 9.17) is 4.74 Å². The second-order valence-electron chi connectivity index (χ2n) is 6.33. The van der Waals surface area contributed by atoms with Gasteiger partial charge in [0.15, 0.2) is 0 Å². The smallest absolute Gasteiger partial charge is 0.320 e. The largest absolute Gasteiger partial charge is 0.493 e. The molecule has 3 rings (SSSR count). The molecule has 0 spiro atoms. The Hall–Kier alpha value is -3.55. The van der Waals surface area contributed by atoms with Crippen molar-refractivity contribution in [3.8, 4) is 11.9 Å². The van der Waals surface area contributed by atoms with Crippen LogP contribution in [0, 0.1) is 5.82 Å². The summed E-state index contributed by atoms with van der Waals surface area (Å²) in [5.74, 6) is -0.563. The van der Waals surface area contributed by atoms with Gasteiger partial charge in [-0.15, -0.1) is 0 Å². The average molecular weight is 381 g/mol. The Labute approximate surface area is 161 Å². The maximum absolute atomic E-state index is 13.1. The first-order valence-corrected chi connectivity index (χ1v) is 8.52. The van der Waals surface area contributed by atoms with E-state index in [1.807, 2.05) is 14.1 Å². The summed E-state index contributed by atoms with van der Waals surface area (Å²) >= 11 is 0. The standard InChI is InChI=1S/C20H20FN5O2/c1-12(13-5-7-14(21)8-6-13)28-20-24-17-15(19(27)25-20)9-10-23-18(17)16(22-2)11-26(3)4/h5-12H,2H2,1,3-4H3,(H,24,25,27)/b16-11-. The molecule has 0 radical (unpaired) electrons. The molecule has 1 aromatic carbocycles. The molecule has 3 aromatic rings. The third-order valence-electron chi connectivity index (χ3n) is 3.99. The molecule has 1 unspecified atom stereocenters. The van der Waals surface area contributed by atoms with Gasteiger partial charge in [0.2, 0.25) is 5.88 Å². The van der Waals surface area contributed by atoms with Crippen molar-refractivity contribution in [2.45, 2.75) is 13.0 Å². The fourth-order valence-electron chi connectivity index (χ4n) is 2.64. The number of fused-ring (bicyclic) bond motifs is 1. The molecule has 0 aliphatic heterocycles. The van der Waals surface area contributed by atoms with Crippen LogP contribution < -0.4 is 4.74 Å². The first-order chi connectivity index (χ1) is 13.4. The Balaban J connectivity index is 2.04. The number of rotatable bonds is 6. The highest BCUT2D eigenvalue weighted by Crippen LogP contribution is 2.30. The summed E-state index contributed by atoms with van der Waals surface area (Å²) in [6.07, 6.45) is 2.83. The molecule has 0 aliphatic rings. The van der Waals surface area contributed by atoms with E-state index in [9.17, 15) is 9.50 Å².